The van der Waals surface area contributed by atoms with Crippen LogP contribution in [0.5, 0.6) is 0 Å². The Labute approximate surface area is 199 Å². The molecule has 6 rings (SSSR count). The standard InChI is InChI=1S/C31H23NS/c1-3-10-27(11-4-1)32(28-12-5-2-6-13-28)29-18-15-23(16-19-29)24-17-20-31-26(21-24)22-25-9-7-8-14-30(25)33-31/h1-21H,22H2. The first kappa shape index (κ1) is 19.9. The van der Waals surface area contributed by atoms with E-state index in [9.17, 15) is 0 Å². The van der Waals surface area contributed by atoms with Crippen molar-refractivity contribution >= 4 is 28.8 Å². The van der Waals surface area contributed by atoms with Crippen LogP contribution in [0.2, 0.25) is 0 Å². The number of rotatable bonds is 4. The van der Waals surface area contributed by atoms with E-state index in [-0.39, 0.29) is 0 Å². The van der Waals surface area contributed by atoms with Crippen LogP contribution in [0.1, 0.15) is 11.1 Å². The van der Waals surface area contributed by atoms with Crippen molar-refractivity contribution in [2.24, 2.45) is 0 Å². The fourth-order valence-electron chi connectivity index (χ4n) is 4.47. The van der Waals surface area contributed by atoms with Crippen LogP contribution >= 0.6 is 11.8 Å². The largest absolute Gasteiger partial charge is 0.311 e. The maximum absolute atomic E-state index is 2.36. The molecule has 0 atom stereocenters. The van der Waals surface area contributed by atoms with Gasteiger partial charge in [-0.25, -0.2) is 0 Å². The second-order valence-corrected chi connectivity index (χ2v) is 9.35. The van der Waals surface area contributed by atoms with Crippen LogP contribution in [-0.2, 0) is 6.42 Å². The Morgan fingerprint density at radius 2 is 1.00 bits per heavy atom. The minimum absolute atomic E-state index is 1.00. The number of hydrogen-bond donors (Lipinski definition) is 0. The van der Waals surface area contributed by atoms with Gasteiger partial charge in [0, 0.05) is 26.9 Å². The zero-order valence-electron chi connectivity index (χ0n) is 18.2. The van der Waals surface area contributed by atoms with E-state index in [1.807, 2.05) is 11.8 Å². The number of hydrogen-bond acceptors (Lipinski definition) is 2. The molecule has 5 aromatic rings. The summed E-state index contributed by atoms with van der Waals surface area (Å²) in [7, 11) is 0. The monoisotopic (exact) mass is 441 g/mol. The maximum Gasteiger partial charge on any atom is 0.0462 e. The van der Waals surface area contributed by atoms with Crippen LogP contribution in [0.25, 0.3) is 11.1 Å². The smallest absolute Gasteiger partial charge is 0.0462 e. The van der Waals surface area contributed by atoms with Crippen molar-refractivity contribution in [1.29, 1.82) is 0 Å². The van der Waals surface area contributed by atoms with Gasteiger partial charge in [0.15, 0.2) is 0 Å². The number of anilines is 3. The molecule has 0 saturated heterocycles. The molecule has 158 valence electrons. The van der Waals surface area contributed by atoms with Crippen LogP contribution in [0.15, 0.2) is 137 Å². The van der Waals surface area contributed by atoms with Crippen molar-refractivity contribution in [2.75, 3.05) is 4.90 Å². The normalized spacial score (nSPS) is 12.0. The Kier molecular flexibility index (Phi) is 5.22. The first-order valence-electron chi connectivity index (χ1n) is 11.2. The van der Waals surface area contributed by atoms with Gasteiger partial charge in [-0.2, -0.15) is 0 Å². The molecule has 0 amide bonds. The first-order valence-corrected chi connectivity index (χ1v) is 12.1. The van der Waals surface area contributed by atoms with Crippen LogP contribution in [-0.4, -0.2) is 0 Å². The summed E-state index contributed by atoms with van der Waals surface area (Å²) in [5, 5.41) is 0. The summed E-state index contributed by atoms with van der Waals surface area (Å²) in [5.41, 5.74) is 8.80. The molecular weight excluding hydrogens is 418 g/mol. The van der Waals surface area contributed by atoms with E-state index in [0.29, 0.717) is 0 Å². The molecule has 0 fully saturated rings. The summed E-state index contributed by atoms with van der Waals surface area (Å²) in [4.78, 5) is 5.04. The van der Waals surface area contributed by atoms with Crippen molar-refractivity contribution in [3.05, 3.63) is 139 Å². The topological polar surface area (TPSA) is 3.24 Å². The van der Waals surface area contributed by atoms with E-state index in [1.54, 1.807) is 0 Å². The molecule has 5 aromatic carbocycles. The lowest BCUT2D eigenvalue weighted by atomic mass is 9.98. The van der Waals surface area contributed by atoms with E-state index in [0.717, 1.165) is 23.5 Å². The second-order valence-electron chi connectivity index (χ2n) is 8.26. The van der Waals surface area contributed by atoms with Crippen LogP contribution in [0.4, 0.5) is 17.1 Å². The zero-order valence-corrected chi connectivity index (χ0v) is 19.0. The molecule has 1 nitrogen and oxygen atoms in total. The van der Waals surface area contributed by atoms with E-state index < -0.39 is 0 Å². The highest BCUT2D eigenvalue weighted by Crippen LogP contribution is 2.41. The quantitative estimate of drug-likeness (QED) is 0.269. The lowest BCUT2D eigenvalue weighted by Crippen LogP contribution is -2.09. The van der Waals surface area contributed by atoms with E-state index in [2.05, 4.69) is 132 Å². The van der Waals surface area contributed by atoms with Gasteiger partial charge >= 0.3 is 0 Å². The van der Waals surface area contributed by atoms with Crippen molar-refractivity contribution in [3.8, 4) is 11.1 Å². The molecular formula is C31H23NS. The summed E-state index contributed by atoms with van der Waals surface area (Å²) in [6.45, 7) is 0. The minimum Gasteiger partial charge on any atom is -0.311 e. The van der Waals surface area contributed by atoms with Crippen LogP contribution < -0.4 is 4.90 Å². The van der Waals surface area contributed by atoms with Crippen molar-refractivity contribution in [3.63, 3.8) is 0 Å². The predicted octanol–water partition coefficient (Wildman–Crippen LogP) is 8.88. The van der Waals surface area contributed by atoms with Crippen LogP contribution in [0.3, 0.4) is 0 Å². The van der Waals surface area contributed by atoms with Gasteiger partial charge in [-0.1, -0.05) is 84.6 Å². The summed E-state index contributed by atoms with van der Waals surface area (Å²) in [6.07, 6.45) is 1.00. The van der Waals surface area contributed by atoms with Gasteiger partial charge in [0.2, 0.25) is 0 Å². The summed E-state index contributed by atoms with van der Waals surface area (Å²) >= 11 is 1.88. The van der Waals surface area contributed by atoms with E-state index in [4.69, 9.17) is 0 Å². The molecule has 0 spiro atoms. The molecule has 0 aliphatic carbocycles. The number of para-hydroxylation sites is 2. The Hall–Kier alpha value is -3.75. The third-order valence-corrected chi connectivity index (χ3v) is 7.36. The van der Waals surface area contributed by atoms with Gasteiger partial charge in [-0.3, -0.25) is 0 Å². The van der Waals surface area contributed by atoms with Gasteiger partial charge in [0.25, 0.3) is 0 Å². The average molecular weight is 442 g/mol. The highest BCUT2D eigenvalue weighted by atomic mass is 32.2. The summed E-state index contributed by atoms with van der Waals surface area (Å²) < 4.78 is 0. The number of nitrogens with zero attached hydrogens (tertiary/aromatic N) is 1. The highest BCUT2D eigenvalue weighted by molar-refractivity contribution is 7.99. The minimum atomic E-state index is 1.00. The van der Waals surface area contributed by atoms with Gasteiger partial charge in [0.05, 0.1) is 0 Å². The summed E-state index contributed by atoms with van der Waals surface area (Å²) in [5.74, 6) is 0. The Morgan fingerprint density at radius 3 is 1.70 bits per heavy atom. The number of benzene rings is 5. The predicted molar refractivity (Wildman–Crippen MR) is 140 cm³/mol. The van der Waals surface area contributed by atoms with E-state index in [1.165, 1.54) is 32.0 Å². The lowest BCUT2D eigenvalue weighted by Gasteiger charge is -2.25. The second kappa shape index (κ2) is 8.65. The highest BCUT2D eigenvalue weighted by Gasteiger charge is 2.17. The zero-order chi connectivity index (χ0) is 22.0. The molecule has 0 bridgehead atoms. The summed E-state index contributed by atoms with van der Waals surface area (Å²) in [6, 6.07) is 45.6. The number of fused-ring (bicyclic) bond motifs is 2. The average Bonchev–Trinajstić information content (AvgIpc) is 2.89. The maximum atomic E-state index is 2.36. The van der Waals surface area contributed by atoms with E-state index >= 15 is 0 Å². The molecule has 0 unspecified atom stereocenters. The molecule has 2 heteroatoms. The van der Waals surface area contributed by atoms with Crippen molar-refractivity contribution in [1.82, 2.24) is 0 Å². The Morgan fingerprint density at radius 1 is 0.455 bits per heavy atom. The molecule has 0 aromatic heterocycles. The molecule has 0 radical (unpaired) electrons. The molecule has 1 aliphatic rings. The molecule has 1 heterocycles. The first-order chi connectivity index (χ1) is 16.3. The van der Waals surface area contributed by atoms with Gasteiger partial charge in [-0.05, 0) is 83.3 Å². The fraction of sp³-hybridized carbons (Fsp3) is 0.0323. The van der Waals surface area contributed by atoms with Gasteiger partial charge in [0.1, 0.15) is 0 Å². The Balaban J connectivity index is 1.33. The van der Waals surface area contributed by atoms with Crippen molar-refractivity contribution < 1.29 is 0 Å². The van der Waals surface area contributed by atoms with Gasteiger partial charge < -0.3 is 4.90 Å². The Bertz CT molecular complexity index is 1350. The van der Waals surface area contributed by atoms with Gasteiger partial charge in [-0.15, -0.1) is 0 Å². The van der Waals surface area contributed by atoms with Crippen LogP contribution in [0, 0.1) is 0 Å². The lowest BCUT2D eigenvalue weighted by molar-refractivity contribution is 1.06. The fourth-order valence-corrected chi connectivity index (χ4v) is 5.53. The molecule has 0 saturated carbocycles. The molecule has 1 aliphatic heterocycles. The third kappa shape index (κ3) is 3.94. The molecule has 0 N–H and O–H groups in total. The molecule has 33 heavy (non-hydrogen) atoms. The SMILES string of the molecule is c1ccc(N(c2ccccc2)c2ccc(-c3ccc4c(c3)Cc3ccccc3S4)cc2)cc1. The third-order valence-electron chi connectivity index (χ3n) is 6.12. The van der Waals surface area contributed by atoms with Crippen molar-refractivity contribution in [2.45, 2.75) is 16.2 Å².